The van der Waals surface area contributed by atoms with Gasteiger partial charge in [0.25, 0.3) is 0 Å². The van der Waals surface area contributed by atoms with E-state index in [4.69, 9.17) is 4.52 Å². The molecule has 3 amide bonds. The van der Waals surface area contributed by atoms with Crippen molar-refractivity contribution in [3.05, 3.63) is 65.9 Å². The van der Waals surface area contributed by atoms with E-state index in [2.05, 4.69) is 10.6 Å². The maximum atomic E-state index is 13.7. The Morgan fingerprint density at radius 3 is 2.43 bits per heavy atom. The van der Waals surface area contributed by atoms with Gasteiger partial charge in [0.2, 0.25) is 11.8 Å². The lowest BCUT2D eigenvalue weighted by Gasteiger charge is -2.23. The Morgan fingerprint density at radius 2 is 1.73 bits per heavy atom. The van der Waals surface area contributed by atoms with Crippen molar-refractivity contribution < 1.29 is 27.3 Å². The molecule has 2 fully saturated rings. The van der Waals surface area contributed by atoms with E-state index in [9.17, 15) is 22.8 Å². The number of hydrogen-bond acceptors (Lipinski definition) is 3. The van der Waals surface area contributed by atoms with Gasteiger partial charge < -0.3 is 14.7 Å². The van der Waals surface area contributed by atoms with E-state index < -0.39 is 23.7 Å². The van der Waals surface area contributed by atoms with Crippen molar-refractivity contribution in [3.8, 4) is 0 Å². The first-order chi connectivity index (χ1) is 17.8. The molecule has 1 saturated carbocycles. The summed E-state index contributed by atoms with van der Waals surface area (Å²) in [6, 6.07) is 11.6. The monoisotopic (exact) mass is 514 g/mol. The van der Waals surface area contributed by atoms with E-state index in [1.165, 1.54) is 30.2 Å². The molecule has 7 nitrogen and oxygen atoms in total. The van der Waals surface area contributed by atoms with E-state index in [1.54, 1.807) is 10.9 Å². The van der Waals surface area contributed by atoms with Gasteiger partial charge >= 0.3 is 12.2 Å². The summed E-state index contributed by atoms with van der Waals surface area (Å²) in [5.74, 6) is 0.0846. The molecule has 0 radical (unpaired) electrons. The molecule has 2 aromatic carbocycles. The number of alkyl halides is 3. The molecular formula is C27H29F3N4O3. The van der Waals surface area contributed by atoms with Gasteiger partial charge in [0.1, 0.15) is 6.20 Å². The number of carbonyl (C=O) groups excluding carboxylic acids is 2. The molecule has 1 aliphatic heterocycles. The molecule has 1 atom stereocenters. The zero-order valence-electron chi connectivity index (χ0n) is 20.3. The Morgan fingerprint density at radius 1 is 1.00 bits per heavy atom. The fraction of sp³-hybridized carbons (Fsp3) is 0.407. The summed E-state index contributed by atoms with van der Waals surface area (Å²) in [7, 11) is 0. The second-order valence-corrected chi connectivity index (χ2v) is 9.78. The topological polar surface area (TPSA) is 79.5 Å². The van der Waals surface area contributed by atoms with E-state index in [0.717, 1.165) is 37.1 Å². The third-order valence-corrected chi connectivity index (χ3v) is 7.10. The van der Waals surface area contributed by atoms with Crippen molar-refractivity contribution in [2.45, 2.75) is 57.2 Å². The second kappa shape index (κ2) is 10.4. The number of aromatic nitrogens is 1. The quantitative estimate of drug-likeness (QED) is 0.378. The van der Waals surface area contributed by atoms with Gasteiger partial charge in [0.15, 0.2) is 0 Å². The highest BCUT2D eigenvalue weighted by Crippen LogP contribution is 2.38. The maximum absolute atomic E-state index is 13.7. The van der Waals surface area contributed by atoms with E-state index >= 15 is 0 Å². The van der Waals surface area contributed by atoms with Crippen LogP contribution >= 0.6 is 0 Å². The SMILES string of the molecule is O=C(Nc1cc(N2CC[C@H](c3ccccc3)C2=O)cc(C(F)(F)F)c1)Nc1cn(CC2CCCCC2)o1. The number of amides is 3. The van der Waals surface area contributed by atoms with Gasteiger partial charge in [0.05, 0.1) is 18.0 Å². The number of nitrogens with one attached hydrogen (secondary N) is 2. The van der Waals surface area contributed by atoms with Crippen molar-refractivity contribution in [2.24, 2.45) is 5.92 Å². The van der Waals surface area contributed by atoms with Crippen molar-refractivity contribution in [1.82, 2.24) is 4.74 Å². The molecule has 37 heavy (non-hydrogen) atoms. The number of anilines is 3. The lowest BCUT2D eigenvalue weighted by Crippen LogP contribution is -2.27. The first-order valence-electron chi connectivity index (χ1n) is 12.6. The van der Waals surface area contributed by atoms with Crippen LogP contribution in [0.3, 0.4) is 0 Å². The number of rotatable bonds is 6. The average Bonchev–Trinajstić information content (AvgIpc) is 3.24. The number of nitrogens with zero attached hydrogens (tertiary/aromatic N) is 2. The molecule has 10 heteroatoms. The number of carbonyl (C=O) groups is 2. The fourth-order valence-electron chi connectivity index (χ4n) is 5.24. The van der Waals surface area contributed by atoms with Crippen molar-refractivity contribution in [2.75, 3.05) is 22.1 Å². The molecule has 0 unspecified atom stereocenters. The molecule has 1 aromatic heterocycles. The predicted octanol–water partition coefficient (Wildman–Crippen LogP) is 6.84. The normalized spacial score (nSPS) is 18.8. The number of halogens is 3. The van der Waals surface area contributed by atoms with Gasteiger partial charge in [0, 0.05) is 17.9 Å². The first-order valence-corrected chi connectivity index (χ1v) is 12.6. The van der Waals surface area contributed by atoms with Gasteiger partial charge in [-0.3, -0.25) is 10.1 Å². The summed E-state index contributed by atoms with van der Waals surface area (Å²) in [5.41, 5.74) is -0.108. The maximum Gasteiger partial charge on any atom is 0.416 e. The van der Waals surface area contributed by atoms with Crippen molar-refractivity contribution in [3.63, 3.8) is 0 Å². The lowest BCUT2D eigenvalue weighted by molar-refractivity contribution is -0.137. The molecule has 196 valence electrons. The van der Waals surface area contributed by atoms with Gasteiger partial charge in [-0.25, -0.2) is 9.53 Å². The van der Waals surface area contributed by atoms with Crippen LogP contribution in [-0.2, 0) is 17.5 Å². The molecule has 2 N–H and O–H groups in total. The van der Waals surface area contributed by atoms with Crippen LogP contribution in [0, 0.1) is 5.92 Å². The standard InChI is InChI=1S/C27H29F3N4O3/c28-27(29,30)20-13-21(31-26(36)32-24-17-33(37-24)16-18-7-3-1-4-8-18)15-22(14-20)34-12-11-23(25(34)35)19-9-5-2-6-10-19/h2,5-6,9-10,13-15,17-18,23H,1,3-4,7-8,11-12,16H2,(H2,31,32,36)/t23-/m1/s1. The Hall–Kier alpha value is -3.69. The summed E-state index contributed by atoms with van der Waals surface area (Å²) in [6.07, 6.45) is 3.50. The summed E-state index contributed by atoms with van der Waals surface area (Å²) in [6.45, 7) is 1.03. The smallest absolute Gasteiger partial charge is 0.360 e. The molecule has 0 spiro atoms. The Balaban J connectivity index is 1.27. The van der Waals surface area contributed by atoms with E-state index in [-0.39, 0.29) is 29.7 Å². The molecule has 2 heterocycles. The van der Waals surface area contributed by atoms with Crippen LogP contribution in [0.5, 0.6) is 0 Å². The summed E-state index contributed by atoms with van der Waals surface area (Å²) in [5, 5.41) is 4.95. The van der Waals surface area contributed by atoms with Crippen LogP contribution in [0.2, 0.25) is 0 Å². The second-order valence-electron chi connectivity index (χ2n) is 9.78. The molecule has 1 aliphatic carbocycles. The van der Waals surface area contributed by atoms with Gasteiger partial charge in [-0.05, 0) is 48.9 Å². The summed E-state index contributed by atoms with van der Waals surface area (Å²) < 4.78 is 48.1. The van der Waals surface area contributed by atoms with Crippen LogP contribution in [-0.4, -0.2) is 23.2 Å². The summed E-state index contributed by atoms with van der Waals surface area (Å²) in [4.78, 5) is 26.9. The van der Waals surface area contributed by atoms with Gasteiger partial charge in [-0.15, -0.1) is 0 Å². The van der Waals surface area contributed by atoms with Crippen molar-refractivity contribution in [1.29, 1.82) is 0 Å². The van der Waals surface area contributed by atoms with E-state index in [1.807, 2.05) is 30.3 Å². The highest BCUT2D eigenvalue weighted by Gasteiger charge is 2.36. The van der Waals surface area contributed by atoms with Crippen LogP contribution in [0.4, 0.5) is 35.2 Å². The highest BCUT2D eigenvalue weighted by atomic mass is 19.4. The molecule has 3 aromatic rings. The minimum Gasteiger partial charge on any atom is -0.360 e. The molecule has 1 saturated heterocycles. The minimum atomic E-state index is -4.65. The third-order valence-electron chi connectivity index (χ3n) is 7.10. The number of benzene rings is 2. The Kier molecular flexibility index (Phi) is 6.99. The van der Waals surface area contributed by atoms with Gasteiger partial charge in [-0.1, -0.05) is 49.6 Å². The zero-order chi connectivity index (χ0) is 26.0. The van der Waals surface area contributed by atoms with Crippen LogP contribution < -0.4 is 15.5 Å². The van der Waals surface area contributed by atoms with Crippen LogP contribution in [0.15, 0.2) is 59.3 Å². The Bertz CT molecular complexity index is 1230. The predicted molar refractivity (Wildman–Crippen MR) is 134 cm³/mol. The van der Waals surface area contributed by atoms with Crippen LogP contribution in [0.25, 0.3) is 0 Å². The molecule has 2 aliphatic rings. The highest BCUT2D eigenvalue weighted by molar-refractivity contribution is 6.02. The zero-order valence-corrected chi connectivity index (χ0v) is 20.3. The van der Waals surface area contributed by atoms with Gasteiger partial charge in [-0.2, -0.15) is 13.2 Å². The molecule has 0 bridgehead atoms. The largest absolute Gasteiger partial charge is 0.416 e. The Labute approximate surface area is 212 Å². The van der Waals surface area contributed by atoms with E-state index in [0.29, 0.717) is 12.3 Å². The van der Waals surface area contributed by atoms with Crippen molar-refractivity contribution >= 4 is 29.2 Å². The number of hydrogen-bond donors (Lipinski definition) is 2. The minimum absolute atomic E-state index is 0.0720. The third kappa shape index (κ3) is 5.84. The fourth-order valence-corrected chi connectivity index (χ4v) is 5.24. The molecular weight excluding hydrogens is 485 g/mol. The number of urea groups is 1. The van der Waals surface area contributed by atoms with Crippen LogP contribution in [0.1, 0.15) is 55.6 Å². The molecule has 5 rings (SSSR count). The summed E-state index contributed by atoms with van der Waals surface area (Å²) >= 11 is 0. The first kappa shape index (κ1) is 25.0. The lowest BCUT2D eigenvalue weighted by atomic mass is 9.89. The average molecular weight is 515 g/mol.